The van der Waals surface area contributed by atoms with Gasteiger partial charge in [-0.25, -0.2) is 29.3 Å². The van der Waals surface area contributed by atoms with Crippen LogP contribution in [0.2, 0.25) is 5.28 Å². The van der Waals surface area contributed by atoms with Gasteiger partial charge in [-0.1, -0.05) is 12.1 Å². The van der Waals surface area contributed by atoms with Crippen LogP contribution in [0.3, 0.4) is 0 Å². The predicted octanol–water partition coefficient (Wildman–Crippen LogP) is 4.58. The minimum absolute atomic E-state index is 0.00104. The lowest BCUT2D eigenvalue weighted by molar-refractivity contribution is 0.0593. The molecule has 5 heterocycles. The molecule has 0 bridgehead atoms. The van der Waals surface area contributed by atoms with Crippen molar-refractivity contribution in [1.82, 2.24) is 34.2 Å². The molecule has 0 radical (unpaired) electrons. The minimum Gasteiger partial charge on any atom is -0.382 e. The van der Waals surface area contributed by atoms with Crippen LogP contribution in [0, 0.1) is 5.82 Å². The second-order valence-corrected chi connectivity index (χ2v) is 9.80. The van der Waals surface area contributed by atoms with Crippen molar-refractivity contribution in [3.63, 3.8) is 0 Å². The minimum atomic E-state index is -0.502. The van der Waals surface area contributed by atoms with Crippen LogP contribution in [0.25, 0.3) is 16.8 Å². The monoisotopic (exact) mass is 571 g/mol. The van der Waals surface area contributed by atoms with Crippen molar-refractivity contribution in [1.29, 1.82) is 0 Å². The molecule has 1 fully saturated rings. The Morgan fingerprint density at radius 1 is 1.00 bits per heavy atom. The fourth-order valence-corrected chi connectivity index (χ4v) is 5.16. The van der Waals surface area contributed by atoms with Crippen molar-refractivity contribution in [2.75, 3.05) is 17.6 Å². The van der Waals surface area contributed by atoms with E-state index < -0.39 is 11.7 Å². The Labute approximate surface area is 238 Å². The molecule has 1 saturated heterocycles. The number of aromatic nitrogens is 6. The fraction of sp³-hybridized carbons (Fsp3) is 0.179. The first kappa shape index (κ1) is 26.3. The van der Waals surface area contributed by atoms with Crippen molar-refractivity contribution in [3.05, 3.63) is 95.4 Å². The molecule has 2 amide bonds. The number of nitrogens with one attached hydrogen (secondary N) is 1. The maximum Gasteiger partial charge on any atom is 0.273 e. The third kappa shape index (κ3) is 5.16. The summed E-state index contributed by atoms with van der Waals surface area (Å²) in [5, 5.41) is 2.58. The number of hydrogen-bond acceptors (Lipinski definition) is 8. The second kappa shape index (κ2) is 10.9. The highest BCUT2D eigenvalue weighted by Crippen LogP contribution is 2.36. The first-order valence-corrected chi connectivity index (χ1v) is 13.2. The van der Waals surface area contributed by atoms with Crippen molar-refractivity contribution in [2.24, 2.45) is 0 Å². The molecule has 0 unspecified atom stereocenters. The van der Waals surface area contributed by atoms with E-state index in [0.29, 0.717) is 41.1 Å². The van der Waals surface area contributed by atoms with Crippen molar-refractivity contribution in [2.45, 2.75) is 25.3 Å². The molecule has 1 aliphatic heterocycles. The van der Waals surface area contributed by atoms with Gasteiger partial charge in [0.15, 0.2) is 0 Å². The topological polar surface area (TPSA) is 144 Å². The van der Waals surface area contributed by atoms with Crippen LogP contribution in [0.4, 0.5) is 16.0 Å². The zero-order valence-electron chi connectivity index (χ0n) is 21.5. The molecule has 0 spiro atoms. The Morgan fingerprint density at radius 2 is 1.80 bits per heavy atom. The van der Waals surface area contributed by atoms with Gasteiger partial charge in [0.2, 0.25) is 5.28 Å². The number of fused-ring (bicyclic) bond motifs is 1. The molecule has 3 N–H and O–H groups in total. The molecule has 0 saturated carbocycles. The van der Waals surface area contributed by atoms with E-state index in [1.807, 2.05) is 4.40 Å². The summed E-state index contributed by atoms with van der Waals surface area (Å²) in [6.07, 6.45) is 8.53. The Kier molecular flexibility index (Phi) is 6.98. The van der Waals surface area contributed by atoms with Crippen molar-refractivity contribution in [3.8, 4) is 11.3 Å². The molecule has 1 aliphatic rings. The molecule has 1 aromatic carbocycles. The molecule has 206 valence electrons. The molecular formula is C28H23ClFN9O2. The number of carbonyl (C=O) groups is 2. The molecule has 6 rings (SSSR count). The average Bonchev–Trinajstić information content (AvgIpc) is 3.38. The van der Waals surface area contributed by atoms with Gasteiger partial charge in [-0.05, 0) is 55.1 Å². The second-order valence-electron chi connectivity index (χ2n) is 9.46. The van der Waals surface area contributed by atoms with Crippen LogP contribution in [0.15, 0.2) is 67.3 Å². The van der Waals surface area contributed by atoms with Gasteiger partial charge in [0, 0.05) is 48.5 Å². The number of hydrogen-bond donors (Lipinski definition) is 2. The summed E-state index contributed by atoms with van der Waals surface area (Å²) in [7, 11) is 0. The summed E-state index contributed by atoms with van der Waals surface area (Å²) in [5.74, 6) is -0.181. The molecular weight excluding hydrogens is 549 g/mol. The van der Waals surface area contributed by atoms with E-state index in [1.165, 1.54) is 18.5 Å². The summed E-state index contributed by atoms with van der Waals surface area (Å²) < 4.78 is 15.3. The number of anilines is 2. The largest absolute Gasteiger partial charge is 0.382 e. The van der Waals surface area contributed by atoms with Gasteiger partial charge >= 0.3 is 0 Å². The predicted molar refractivity (Wildman–Crippen MR) is 150 cm³/mol. The number of imidazole rings is 1. The van der Waals surface area contributed by atoms with E-state index in [1.54, 1.807) is 47.6 Å². The van der Waals surface area contributed by atoms with Crippen molar-refractivity contribution >= 4 is 40.6 Å². The van der Waals surface area contributed by atoms with Crippen LogP contribution < -0.4 is 11.1 Å². The van der Waals surface area contributed by atoms with Gasteiger partial charge < -0.3 is 16.0 Å². The van der Waals surface area contributed by atoms with E-state index >= 15 is 0 Å². The highest BCUT2D eigenvalue weighted by Gasteiger charge is 2.33. The average molecular weight is 572 g/mol. The van der Waals surface area contributed by atoms with Gasteiger partial charge in [-0.3, -0.25) is 14.0 Å². The highest BCUT2D eigenvalue weighted by atomic mass is 35.5. The summed E-state index contributed by atoms with van der Waals surface area (Å²) in [4.78, 5) is 49.2. The lowest BCUT2D eigenvalue weighted by Gasteiger charge is -2.34. The van der Waals surface area contributed by atoms with E-state index in [4.69, 9.17) is 22.3 Å². The molecule has 41 heavy (non-hydrogen) atoms. The van der Waals surface area contributed by atoms with Crippen LogP contribution in [0.5, 0.6) is 0 Å². The number of amides is 2. The van der Waals surface area contributed by atoms with Gasteiger partial charge in [-0.2, -0.15) is 0 Å². The summed E-state index contributed by atoms with van der Waals surface area (Å²) in [6.45, 7) is 0.528. The summed E-state index contributed by atoms with van der Waals surface area (Å²) >= 11 is 5.95. The summed E-state index contributed by atoms with van der Waals surface area (Å²) in [5.41, 5.74) is 8.74. The number of rotatable bonds is 5. The zero-order chi connectivity index (χ0) is 28.5. The number of nitrogens with zero attached hydrogens (tertiary/aromatic N) is 7. The van der Waals surface area contributed by atoms with Gasteiger partial charge in [0.1, 0.15) is 40.2 Å². The standard InChI is InChI=1S/C28H23ClFN9O2/c29-28-34-11-9-19(35-28)27(41)38-13-2-1-3-20(38)25-37-22(23-24(31)33-12-14-39(23)25)16-4-6-17(7-5-16)26(40)36-21-15-18(30)8-10-32-21/h4-12,14-15,20H,1-3,13H2,(H2,31,33)(H,32,36,40)/t20-/m0/s1. The first-order chi connectivity index (χ1) is 19.9. The van der Waals surface area contributed by atoms with E-state index in [-0.39, 0.29) is 34.6 Å². The smallest absolute Gasteiger partial charge is 0.273 e. The molecule has 5 aromatic rings. The fourth-order valence-electron chi connectivity index (χ4n) is 5.01. The Morgan fingerprint density at radius 3 is 2.59 bits per heavy atom. The molecule has 0 aliphatic carbocycles. The number of likely N-dealkylation sites (tertiary alicyclic amines) is 1. The molecule has 11 nitrogen and oxygen atoms in total. The number of carbonyl (C=O) groups excluding carboxylic acids is 2. The third-order valence-corrected chi connectivity index (χ3v) is 7.08. The van der Waals surface area contributed by atoms with Crippen molar-refractivity contribution < 1.29 is 14.0 Å². The Balaban J connectivity index is 1.35. The van der Waals surface area contributed by atoms with Crippen LogP contribution in [0.1, 0.15) is 52.0 Å². The summed E-state index contributed by atoms with van der Waals surface area (Å²) in [6, 6.07) is 10.3. The highest BCUT2D eigenvalue weighted by molar-refractivity contribution is 6.28. The number of nitrogen functional groups attached to an aromatic ring is 1. The van der Waals surface area contributed by atoms with Crippen LogP contribution in [-0.4, -0.2) is 52.6 Å². The molecule has 4 aromatic heterocycles. The maximum absolute atomic E-state index is 13.5. The SMILES string of the molecule is Nc1nccn2c([C@@H]3CCCCN3C(=O)c3ccnc(Cl)n3)nc(-c3ccc(C(=O)Nc4cc(F)ccn4)cc3)c12. The number of benzene rings is 1. The van der Waals surface area contributed by atoms with E-state index in [0.717, 1.165) is 18.9 Å². The molecule has 13 heteroatoms. The van der Waals surface area contributed by atoms with Crippen LogP contribution >= 0.6 is 11.6 Å². The Hall–Kier alpha value is -4.97. The maximum atomic E-state index is 13.5. The van der Waals surface area contributed by atoms with E-state index in [2.05, 4.69) is 25.3 Å². The van der Waals surface area contributed by atoms with Gasteiger partial charge in [0.05, 0.1) is 6.04 Å². The number of pyridine rings is 1. The Bertz CT molecular complexity index is 1780. The first-order valence-electron chi connectivity index (χ1n) is 12.8. The quantitative estimate of drug-likeness (QED) is 0.292. The normalized spacial score (nSPS) is 15.2. The lowest BCUT2D eigenvalue weighted by atomic mass is 10.0. The lowest BCUT2D eigenvalue weighted by Crippen LogP contribution is -2.39. The number of nitrogens with two attached hydrogens (primary N) is 1. The third-order valence-electron chi connectivity index (χ3n) is 6.90. The number of piperidine rings is 1. The zero-order valence-corrected chi connectivity index (χ0v) is 22.3. The van der Waals surface area contributed by atoms with E-state index in [9.17, 15) is 14.0 Å². The van der Waals surface area contributed by atoms with Crippen LogP contribution in [-0.2, 0) is 0 Å². The van der Waals surface area contributed by atoms with Gasteiger partial charge in [-0.15, -0.1) is 0 Å². The molecule has 1 atom stereocenters. The number of halogens is 2. The van der Waals surface area contributed by atoms with Gasteiger partial charge in [0.25, 0.3) is 11.8 Å².